The van der Waals surface area contributed by atoms with E-state index < -0.39 is 5.79 Å². The summed E-state index contributed by atoms with van der Waals surface area (Å²) < 4.78 is 16.6. The molecule has 1 aliphatic heterocycles. The van der Waals surface area contributed by atoms with Gasteiger partial charge in [0, 0.05) is 6.42 Å². The van der Waals surface area contributed by atoms with Crippen molar-refractivity contribution in [2.45, 2.75) is 31.7 Å². The smallest absolute Gasteiger partial charge is 0.170 e. The third kappa shape index (κ3) is 3.00. The van der Waals surface area contributed by atoms with E-state index in [4.69, 9.17) is 19.5 Å². The molecule has 1 heterocycles. The second-order valence-electron chi connectivity index (χ2n) is 4.57. The molecular weight excluding hydrogens is 230 g/mol. The molecule has 0 saturated carbocycles. The summed E-state index contributed by atoms with van der Waals surface area (Å²) in [6.07, 6.45) is 0.926. The molecule has 4 nitrogen and oxygen atoms in total. The molecule has 0 aromatic heterocycles. The summed E-state index contributed by atoms with van der Waals surface area (Å²) in [4.78, 5) is 0. The summed E-state index contributed by atoms with van der Waals surface area (Å²) >= 11 is 0. The standard InChI is InChI=1S/C14H17NO3/c1-14(17-10-13(18-14)7-8-15)9-11-3-5-12(16-2)6-4-11/h3-6,13H,7,9-10H2,1-2H3. The number of rotatable bonds is 4. The SMILES string of the molecule is COc1ccc(CC2(C)OCC(CC#N)O2)cc1. The summed E-state index contributed by atoms with van der Waals surface area (Å²) in [6.45, 7) is 2.40. The van der Waals surface area contributed by atoms with Crippen LogP contribution in [0.5, 0.6) is 5.75 Å². The van der Waals surface area contributed by atoms with Gasteiger partial charge in [-0.2, -0.15) is 5.26 Å². The van der Waals surface area contributed by atoms with Gasteiger partial charge in [0.25, 0.3) is 0 Å². The van der Waals surface area contributed by atoms with Crippen molar-refractivity contribution in [2.24, 2.45) is 0 Å². The summed E-state index contributed by atoms with van der Waals surface area (Å²) in [5.41, 5.74) is 1.12. The highest BCUT2D eigenvalue weighted by molar-refractivity contribution is 5.27. The van der Waals surface area contributed by atoms with Crippen LogP contribution in [0.4, 0.5) is 0 Å². The van der Waals surface area contributed by atoms with E-state index in [2.05, 4.69) is 6.07 Å². The zero-order valence-corrected chi connectivity index (χ0v) is 10.7. The maximum absolute atomic E-state index is 8.64. The molecule has 1 aromatic carbocycles. The summed E-state index contributed by atoms with van der Waals surface area (Å²) in [6, 6.07) is 9.93. The molecule has 18 heavy (non-hydrogen) atoms. The predicted molar refractivity (Wildman–Crippen MR) is 66.2 cm³/mol. The largest absolute Gasteiger partial charge is 0.497 e. The van der Waals surface area contributed by atoms with Gasteiger partial charge in [0.1, 0.15) is 5.75 Å². The van der Waals surface area contributed by atoms with Gasteiger partial charge in [0.15, 0.2) is 5.79 Å². The van der Waals surface area contributed by atoms with Crippen molar-refractivity contribution < 1.29 is 14.2 Å². The molecular formula is C14H17NO3. The minimum absolute atomic E-state index is 0.113. The van der Waals surface area contributed by atoms with Crippen LogP contribution in [0.3, 0.4) is 0 Å². The molecule has 2 atom stereocenters. The first-order valence-corrected chi connectivity index (χ1v) is 5.97. The Kier molecular flexibility index (Phi) is 3.85. The second-order valence-corrected chi connectivity index (χ2v) is 4.57. The van der Waals surface area contributed by atoms with Crippen LogP contribution in [-0.4, -0.2) is 25.6 Å². The lowest BCUT2D eigenvalue weighted by Crippen LogP contribution is -2.29. The highest BCUT2D eigenvalue weighted by atomic mass is 16.7. The van der Waals surface area contributed by atoms with Crippen LogP contribution in [0.25, 0.3) is 0 Å². The quantitative estimate of drug-likeness (QED) is 0.819. The van der Waals surface area contributed by atoms with Crippen LogP contribution in [-0.2, 0) is 15.9 Å². The van der Waals surface area contributed by atoms with Crippen molar-refractivity contribution in [2.75, 3.05) is 13.7 Å². The van der Waals surface area contributed by atoms with Crippen molar-refractivity contribution in [1.29, 1.82) is 5.26 Å². The van der Waals surface area contributed by atoms with Gasteiger partial charge in [-0.05, 0) is 24.6 Å². The van der Waals surface area contributed by atoms with Gasteiger partial charge in [0.2, 0.25) is 0 Å². The van der Waals surface area contributed by atoms with E-state index in [-0.39, 0.29) is 6.10 Å². The number of hydrogen-bond acceptors (Lipinski definition) is 4. The van der Waals surface area contributed by atoms with Crippen molar-refractivity contribution in [3.05, 3.63) is 29.8 Å². The fraction of sp³-hybridized carbons (Fsp3) is 0.500. The highest BCUT2D eigenvalue weighted by Crippen LogP contribution is 2.29. The van der Waals surface area contributed by atoms with E-state index in [1.165, 1.54) is 0 Å². The van der Waals surface area contributed by atoms with Crippen LogP contribution in [0, 0.1) is 11.3 Å². The highest BCUT2D eigenvalue weighted by Gasteiger charge is 2.37. The Labute approximate surface area is 107 Å². The molecule has 0 spiro atoms. The number of methoxy groups -OCH3 is 1. The van der Waals surface area contributed by atoms with Gasteiger partial charge < -0.3 is 14.2 Å². The molecule has 0 radical (unpaired) electrons. The van der Waals surface area contributed by atoms with Gasteiger partial charge in [-0.25, -0.2) is 0 Å². The van der Waals surface area contributed by atoms with E-state index >= 15 is 0 Å². The topological polar surface area (TPSA) is 51.5 Å². The fourth-order valence-electron chi connectivity index (χ4n) is 2.10. The normalized spacial score (nSPS) is 26.8. The third-order valence-electron chi connectivity index (χ3n) is 2.99. The molecule has 0 amide bonds. The van der Waals surface area contributed by atoms with Gasteiger partial charge in [-0.1, -0.05) is 12.1 Å². The average Bonchev–Trinajstić information content (AvgIpc) is 2.72. The van der Waals surface area contributed by atoms with Gasteiger partial charge >= 0.3 is 0 Å². The molecule has 0 bridgehead atoms. The molecule has 96 valence electrons. The number of nitriles is 1. The van der Waals surface area contributed by atoms with Crippen molar-refractivity contribution in [3.63, 3.8) is 0 Å². The number of nitrogens with zero attached hydrogens (tertiary/aromatic N) is 1. The van der Waals surface area contributed by atoms with Crippen molar-refractivity contribution in [3.8, 4) is 11.8 Å². The van der Waals surface area contributed by atoms with Gasteiger partial charge in [-0.3, -0.25) is 0 Å². The fourth-order valence-corrected chi connectivity index (χ4v) is 2.10. The van der Waals surface area contributed by atoms with Crippen LogP contribution >= 0.6 is 0 Å². The van der Waals surface area contributed by atoms with Crippen LogP contribution < -0.4 is 4.74 Å². The van der Waals surface area contributed by atoms with Crippen LogP contribution in [0.1, 0.15) is 18.9 Å². The number of ether oxygens (including phenoxy) is 3. The average molecular weight is 247 g/mol. The molecule has 1 saturated heterocycles. The first-order valence-electron chi connectivity index (χ1n) is 5.97. The monoisotopic (exact) mass is 247 g/mol. The van der Waals surface area contributed by atoms with E-state index in [1.807, 2.05) is 31.2 Å². The molecule has 0 N–H and O–H groups in total. The Balaban J connectivity index is 1.98. The maximum atomic E-state index is 8.64. The first kappa shape index (κ1) is 12.9. The summed E-state index contributed by atoms with van der Waals surface area (Å²) in [7, 11) is 1.64. The minimum Gasteiger partial charge on any atom is -0.497 e. The van der Waals surface area contributed by atoms with E-state index in [9.17, 15) is 0 Å². The Morgan fingerprint density at radius 3 is 2.78 bits per heavy atom. The molecule has 4 heteroatoms. The Hall–Kier alpha value is -1.57. The molecule has 2 rings (SSSR count). The lowest BCUT2D eigenvalue weighted by molar-refractivity contribution is -0.151. The number of hydrogen-bond donors (Lipinski definition) is 0. The third-order valence-corrected chi connectivity index (χ3v) is 2.99. The lowest BCUT2D eigenvalue weighted by Gasteiger charge is -2.23. The van der Waals surface area contributed by atoms with Crippen LogP contribution in [0.2, 0.25) is 0 Å². The summed E-state index contributed by atoms with van der Waals surface area (Å²) in [5.74, 6) is 0.204. The van der Waals surface area contributed by atoms with E-state index in [0.29, 0.717) is 19.4 Å². The van der Waals surface area contributed by atoms with Gasteiger partial charge in [-0.15, -0.1) is 0 Å². The van der Waals surface area contributed by atoms with E-state index in [1.54, 1.807) is 7.11 Å². The lowest BCUT2D eigenvalue weighted by atomic mass is 10.1. The van der Waals surface area contributed by atoms with Crippen molar-refractivity contribution in [1.82, 2.24) is 0 Å². The first-order chi connectivity index (χ1) is 8.65. The molecule has 1 aromatic rings. The Morgan fingerprint density at radius 2 is 2.17 bits per heavy atom. The van der Waals surface area contributed by atoms with Gasteiger partial charge in [0.05, 0.1) is 32.3 Å². The second kappa shape index (κ2) is 5.38. The van der Waals surface area contributed by atoms with Crippen LogP contribution in [0.15, 0.2) is 24.3 Å². The molecule has 0 aliphatic carbocycles. The molecule has 1 aliphatic rings. The maximum Gasteiger partial charge on any atom is 0.170 e. The van der Waals surface area contributed by atoms with E-state index in [0.717, 1.165) is 11.3 Å². The zero-order valence-electron chi connectivity index (χ0n) is 10.7. The predicted octanol–water partition coefficient (Wildman–Crippen LogP) is 2.28. The molecule has 2 unspecified atom stereocenters. The Bertz CT molecular complexity index is 437. The summed E-state index contributed by atoms with van der Waals surface area (Å²) in [5, 5.41) is 8.64. The molecule has 1 fully saturated rings. The van der Waals surface area contributed by atoms with Crippen molar-refractivity contribution >= 4 is 0 Å². The minimum atomic E-state index is -0.629. The zero-order chi connectivity index (χ0) is 13.0. The Morgan fingerprint density at radius 1 is 1.44 bits per heavy atom. The number of benzene rings is 1.